The summed E-state index contributed by atoms with van der Waals surface area (Å²) in [6.45, 7) is 8.77. The predicted molar refractivity (Wildman–Crippen MR) is 84.0 cm³/mol. The van der Waals surface area contributed by atoms with Crippen LogP contribution in [0.4, 0.5) is 0 Å². The molecule has 0 radical (unpaired) electrons. The van der Waals surface area contributed by atoms with Gasteiger partial charge in [0.05, 0.1) is 6.54 Å². The second-order valence-corrected chi connectivity index (χ2v) is 5.57. The summed E-state index contributed by atoms with van der Waals surface area (Å²) in [5.41, 5.74) is 0.807. The Morgan fingerprint density at radius 2 is 2.24 bits per heavy atom. The molecule has 0 spiro atoms. The lowest BCUT2D eigenvalue weighted by Crippen LogP contribution is -2.40. The summed E-state index contributed by atoms with van der Waals surface area (Å²) in [5, 5.41) is 19.6. The highest BCUT2D eigenvalue weighted by atomic mass is 16.5. The van der Waals surface area contributed by atoms with Gasteiger partial charge in [0.2, 0.25) is 0 Å². The van der Waals surface area contributed by atoms with E-state index in [1.807, 2.05) is 6.92 Å². The lowest BCUT2D eigenvalue weighted by Gasteiger charge is -2.20. The monoisotopic (exact) mass is 296 g/mol. The van der Waals surface area contributed by atoms with E-state index in [1.54, 1.807) is 12.3 Å². The van der Waals surface area contributed by atoms with Crippen molar-refractivity contribution in [3.05, 3.63) is 18.0 Å². The van der Waals surface area contributed by atoms with Crippen LogP contribution in [0.5, 0.6) is 0 Å². The predicted octanol–water partition coefficient (Wildman–Crippen LogP) is 1.77. The topological polar surface area (TPSA) is 82.7 Å². The Morgan fingerprint density at radius 3 is 2.81 bits per heavy atom. The lowest BCUT2D eigenvalue weighted by molar-refractivity contribution is 0.243. The summed E-state index contributed by atoms with van der Waals surface area (Å²) in [5.74, 6) is 1.84. The zero-order valence-corrected chi connectivity index (χ0v) is 13.3. The van der Waals surface area contributed by atoms with Crippen molar-refractivity contribution < 1.29 is 9.63 Å². The van der Waals surface area contributed by atoms with Crippen LogP contribution in [-0.2, 0) is 6.54 Å². The number of aliphatic hydroxyl groups excluding tert-OH is 1. The molecule has 0 amide bonds. The standard InChI is InChI=1S/C15H28N4O2/c1-4-16-15(18-11-14-6-8-21-19-14)17-10-13(5-7-20)9-12(2)3/h6,8,12-13,20H,4-5,7,9-11H2,1-3H3,(H2,16,17,18). The van der Waals surface area contributed by atoms with E-state index in [2.05, 4.69) is 34.6 Å². The average molecular weight is 296 g/mol. The summed E-state index contributed by atoms with van der Waals surface area (Å²) < 4.78 is 4.79. The zero-order valence-electron chi connectivity index (χ0n) is 13.3. The Kier molecular flexibility index (Phi) is 8.50. The number of nitrogens with one attached hydrogen (secondary N) is 2. The first-order chi connectivity index (χ1) is 10.2. The fourth-order valence-corrected chi connectivity index (χ4v) is 2.21. The molecule has 0 bridgehead atoms. The van der Waals surface area contributed by atoms with Crippen LogP contribution in [0, 0.1) is 11.8 Å². The summed E-state index contributed by atoms with van der Waals surface area (Å²) >= 11 is 0. The molecule has 6 nitrogen and oxygen atoms in total. The molecular weight excluding hydrogens is 268 g/mol. The van der Waals surface area contributed by atoms with Crippen LogP contribution in [-0.4, -0.2) is 35.9 Å². The van der Waals surface area contributed by atoms with Crippen LogP contribution < -0.4 is 10.6 Å². The van der Waals surface area contributed by atoms with Gasteiger partial charge in [-0.05, 0) is 31.6 Å². The highest BCUT2D eigenvalue weighted by molar-refractivity contribution is 5.79. The van der Waals surface area contributed by atoms with Gasteiger partial charge in [0.1, 0.15) is 12.0 Å². The molecule has 0 aliphatic carbocycles. The normalized spacial score (nSPS) is 13.5. The van der Waals surface area contributed by atoms with Crippen molar-refractivity contribution in [3.63, 3.8) is 0 Å². The molecule has 6 heteroatoms. The maximum Gasteiger partial charge on any atom is 0.191 e. The molecular formula is C15H28N4O2. The molecule has 0 saturated heterocycles. The molecule has 0 saturated carbocycles. The molecule has 3 N–H and O–H groups in total. The molecule has 21 heavy (non-hydrogen) atoms. The van der Waals surface area contributed by atoms with E-state index in [-0.39, 0.29) is 6.61 Å². The first-order valence-corrected chi connectivity index (χ1v) is 7.68. The van der Waals surface area contributed by atoms with Gasteiger partial charge in [-0.3, -0.25) is 0 Å². The largest absolute Gasteiger partial charge is 0.396 e. The van der Waals surface area contributed by atoms with E-state index in [9.17, 15) is 0 Å². The maximum atomic E-state index is 9.15. The van der Waals surface area contributed by atoms with Crippen molar-refractivity contribution in [2.75, 3.05) is 19.7 Å². The van der Waals surface area contributed by atoms with Crippen LogP contribution in [0.2, 0.25) is 0 Å². The first kappa shape index (κ1) is 17.5. The molecule has 120 valence electrons. The summed E-state index contributed by atoms with van der Waals surface area (Å²) in [4.78, 5) is 4.48. The van der Waals surface area contributed by atoms with E-state index in [0.29, 0.717) is 18.4 Å². The molecule has 0 aromatic carbocycles. The smallest absolute Gasteiger partial charge is 0.191 e. The highest BCUT2D eigenvalue weighted by Crippen LogP contribution is 2.14. The van der Waals surface area contributed by atoms with Gasteiger partial charge in [0, 0.05) is 25.8 Å². The molecule has 1 aromatic heterocycles. The molecule has 0 fully saturated rings. The molecule has 1 atom stereocenters. The Labute approximate surface area is 127 Å². The lowest BCUT2D eigenvalue weighted by atomic mass is 9.94. The first-order valence-electron chi connectivity index (χ1n) is 7.68. The molecule has 0 aliphatic rings. The third-order valence-corrected chi connectivity index (χ3v) is 3.13. The van der Waals surface area contributed by atoms with E-state index >= 15 is 0 Å². The molecule has 0 aliphatic heterocycles. The number of rotatable bonds is 9. The van der Waals surface area contributed by atoms with Gasteiger partial charge in [0.25, 0.3) is 0 Å². The second-order valence-electron chi connectivity index (χ2n) is 5.57. The zero-order chi connectivity index (χ0) is 15.5. The van der Waals surface area contributed by atoms with Gasteiger partial charge in [-0.25, -0.2) is 4.99 Å². The maximum absolute atomic E-state index is 9.15. The Bertz CT molecular complexity index is 390. The van der Waals surface area contributed by atoms with E-state index in [1.165, 1.54) is 0 Å². The van der Waals surface area contributed by atoms with Crippen LogP contribution in [0.3, 0.4) is 0 Å². The van der Waals surface area contributed by atoms with Gasteiger partial charge in [-0.1, -0.05) is 19.0 Å². The van der Waals surface area contributed by atoms with E-state index in [0.717, 1.165) is 37.6 Å². The van der Waals surface area contributed by atoms with Crippen molar-refractivity contribution in [1.82, 2.24) is 15.8 Å². The molecule has 1 aromatic rings. The van der Waals surface area contributed by atoms with E-state index in [4.69, 9.17) is 9.63 Å². The second kappa shape index (κ2) is 10.2. The average Bonchev–Trinajstić information content (AvgIpc) is 2.94. The Morgan fingerprint density at radius 1 is 1.43 bits per heavy atom. The van der Waals surface area contributed by atoms with Crippen LogP contribution in [0.25, 0.3) is 0 Å². The number of aliphatic imine (C=N–C) groups is 1. The highest BCUT2D eigenvalue weighted by Gasteiger charge is 2.11. The number of guanidine groups is 1. The fraction of sp³-hybridized carbons (Fsp3) is 0.733. The van der Waals surface area contributed by atoms with Crippen LogP contribution >= 0.6 is 0 Å². The molecule has 1 heterocycles. The quantitative estimate of drug-likeness (QED) is 0.478. The third kappa shape index (κ3) is 7.70. The molecule has 1 unspecified atom stereocenters. The third-order valence-electron chi connectivity index (χ3n) is 3.13. The van der Waals surface area contributed by atoms with Gasteiger partial charge >= 0.3 is 0 Å². The van der Waals surface area contributed by atoms with Gasteiger partial charge in [-0.2, -0.15) is 0 Å². The fourth-order valence-electron chi connectivity index (χ4n) is 2.21. The van der Waals surface area contributed by atoms with Crippen molar-refractivity contribution in [1.29, 1.82) is 0 Å². The van der Waals surface area contributed by atoms with Crippen LogP contribution in [0.1, 0.15) is 39.3 Å². The number of aliphatic hydroxyl groups is 1. The SMILES string of the molecule is CCNC(=NCc1ccon1)NCC(CCO)CC(C)C. The van der Waals surface area contributed by atoms with Gasteiger partial charge in [-0.15, -0.1) is 0 Å². The minimum Gasteiger partial charge on any atom is -0.396 e. The Balaban J connectivity index is 2.49. The number of hydrogen-bond acceptors (Lipinski definition) is 4. The number of nitrogens with zero attached hydrogens (tertiary/aromatic N) is 2. The van der Waals surface area contributed by atoms with Crippen molar-refractivity contribution in [3.8, 4) is 0 Å². The number of aromatic nitrogens is 1. The molecule has 1 rings (SSSR count). The van der Waals surface area contributed by atoms with Crippen molar-refractivity contribution in [2.45, 2.75) is 40.2 Å². The van der Waals surface area contributed by atoms with E-state index < -0.39 is 0 Å². The van der Waals surface area contributed by atoms with Gasteiger partial charge in [0.15, 0.2) is 5.96 Å². The minimum absolute atomic E-state index is 0.228. The summed E-state index contributed by atoms with van der Waals surface area (Å²) in [7, 11) is 0. The number of hydrogen-bond donors (Lipinski definition) is 3. The van der Waals surface area contributed by atoms with Crippen LogP contribution in [0.15, 0.2) is 21.8 Å². The Hall–Kier alpha value is -1.56. The van der Waals surface area contributed by atoms with Crippen molar-refractivity contribution in [2.24, 2.45) is 16.8 Å². The summed E-state index contributed by atoms with van der Waals surface area (Å²) in [6.07, 6.45) is 3.45. The minimum atomic E-state index is 0.228. The summed E-state index contributed by atoms with van der Waals surface area (Å²) in [6, 6.07) is 1.81. The van der Waals surface area contributed by atoms with Gasteiger partial charge < -0.3 is 20.3 Å². The van der Waals surface area contributed by atoms with Crippen molar-refractivity contribution >= 4 is 5.96 Å².